The van der Waals surface area contributed by atoms with Crippen LogP contribution in [0.15, 0.2) is 18.2 Å². The maximum absolute atomic E-state index is 12.6. The average molecular weight is 305 g/mol. The van der Waals surface area contributed by atoms with E-state index in [1.54, 1.807) is 18.9 Å². The zero-order valence-electron chi connectivity index (χ0n) is 14.0. The summed E-state index contributed by atoms with van der Waals surface area (Å²) in [5, 5.41) is 10.1. The van der Waals surface area contributed by atoms with Crippen LogP contribution in [0.2, 0.25) is 0 Å². The van der Waals surface area contributed by atoms with Gasteiger partial charge in [0.15, 0.2) is 6.10 Å². The van der Waals surface area contributed by atoms with Crippen LogP contribution in [0.5, 0.6) is 5.75 Å². The molecule has 0 bridgehead atoms. The third-order valence-electron chi connectivity index (χ3n) is 4.53. The van der Waals surface area contributed by atoms with Gasteiger partial charge < -0.3 is 14.7 Å². The van der Waals surface area contributed by atoms with Crippen LogP contribution in [0.1, 0.15) is 43.7 Å². The highest BCUT2D eigenvalue weighted by Crippen LogP contribution is 2.24. The quantitative estimate of drug-likeness (QED) is 0.930. The van der Waals surface area contributed by atoms with E-state index in [-0.39, 0.29) is 11.9 Å². The van der Waals surface area contributed by atoms with E-state index in [1.807, 2.05) is 32.0 Å². The minimum Gasteiger partial charge on any atom is -0.481 e. The van der Waals surface area contributed by atoms with Crippen molar-refractivity contribution in [3.63, 3.8) is 0 Å². The van der Waals surface area contributed by atoms with Gasteiger partial charge in [-0.25, -0.2) is 0 Å². The topological polar surface area (TPSA) is 49.8 Å². The number of aliphatic hydroxyl groups is 1. The second kappa shape index (κ2) is 7.14. The number of likely N-dealkylation sites (N-methyl/N-ethyl adjacent to an activating group) is 1. The zero-order valence-corrected chi connectivity index (χ0v) is 14.0. The monoisotopic (exact) mass is 305 g/mol. The lowest BCUT2D eigenvalue weighted by atomic mass is 9.91. The van der Waals surface area contributed by atoms with Crippen LogP contribution in [0.25, 0.3) is 0 Å². The molecule has 3 atom stereocenters. The van der Waals surface area contributed by atoms with Crippen molar-refractivity contribution < 1.29 is 14.6 Å². The van der Waals surface area contributed by atoms with Crippen molar-refractivity contribution in [2.75, 3.05) is 7.05 Å². The van der Waals surface area contributed by atoms with Crippen LogP contribution in [0, 0.1) is 13.8 Å². The van der Waals surface area contributed by atoms with E-state index in [0.29, 0.717) is 0 Å². The number of aryl methyl sites for hydroxylation is 2. The number of amides is 1. The summed E-state index contributed by atoms with van der Waals surface area (Å²) >= 11 is 0. The third-order valence-corrected chi connectivity index (χ3v) is 4.53. The summed E-state index contributed by atoms with van der Waals surface area (Å²) in [7, 11) is 1.77. The minimum atomic E-state index is -0.556. The highest BCUT2D eigenvalue weighted by atomic mass is 16.5. The molecule has 0 saturated heterocycles. The lowest BCUT2D eigenvalue weighted by Gasteiger charge is -2.36. The summed E-state index contributed by atoms with van der Waals surface area (Å²) in [4.78, 5) is 14.2. The zero-order chi connectivity index (χ0) is 16.3. The summed E-state index contributed by atoms with van der Waals surface area (Å²) in [5.74, 6) is 0.672. The maximum Gasteiger partial charge on any atom is 0.263 e. The molecule has 0 aromatic heterocycles. The van der Waals surface area contributed by atoms with E-state index in [0.717, 1.165) is 42.6 Å². The van der Waals surface area contributed by atoms with E-state index in [4.69, 9.17) is 4.74 Å². The van der Waals surface area contributed by atoms with Gasteiger partial charge in [-0.3, -0.25) is 4.79 Å². The molecular weight excluding hydrogens is 278 g/mol. The van der Waals surface area contributed by atoms with E-state index < -0.39 is 12.2 Å². The highest BCUT2D eigenvalue weighted by molar-refractivity contribution is 5.81. The molecule has 0 aliphatic heterocycles. The Balaban J connectivity index is 2.03. The number of carbonyl (C=O) groups excluding carboxylic acids is 1. The molecule has 1 aromatic carbocycles. The van der Waals surface area contributed by atoms with Crippen molar-refractivity contribution >= 4 is 5.91 Å². The Morgan fingerprint density at radius 3 is 2.68 bits per heavy atom. The van der Waals surface area contributed by atoms with Crippen LogP contribution < -0.4 is 4.74 Å². The van der Waals surface area contributed by atoms with Gasteiger partial charge in [0.25, 0.3) is 5.91 Å². The number of carbonyl (C=O) groups is 1. The Kier molecular flexibility index (Phi) is 5.46. The Morgan fingerprint density at radius 2 is 2.00 bits per heavy atom. The maximum atomic E-state index is 12.6. The van der Waals surface area contributed by atoms with Gasteiger partial charge in [-0.05, 0) is 50.8 Å². The largest absolute Gasteiger partial charge is 0.481 e. The van der Waals surface area contributed by atoms with Gasteiger partial charge in [-0.15, -0.1) is 0 Å². The van der Waals surface area contributed by atoms with Crippen LogP contribution in [0.4, 0.5) is 0 Å². The number of aliphatic hydroxyl groups excluding tert-OH is 1. The molecule has 1 fully saturated rings. The van der Waals surface area contributed by atoms with Gasteiger partial charge in [0, 0.05) is 7.05 Å². The van der Waals surface area contributed by atoms with Crippen LogP contribution in [-0.2, 0) is 4.79 Å². The molecule has 0 spiro atoms. The standard InChI is InChI=1S/C18H27NO3/c1-12-9-10-13(2)17(11-12)22-14(3)18(21)19(4)15-7-5-6-8-16(15)20/h9-11,14-16,20H,5-8H2,1-4H3. The summed E-state index contributed by atoms with van der Waals surface area (Å²) in [6.45, 7) is 5.75. The number of nitrogens with zero attached hydrogens (tertiary/aromatic N) is 1. The van der Waals surface area contributed by atoms with Gasteiger partial charge in [-0.1, -0.05) is 25.0 Å². The van der Waals surface area contributed by atoms with Crippen LogP contribution in [-0.4, -0.2) is 41.2 Å². The molecule has 0 radical (unpaired) electrons. The van der Waals surface area contributed by atoms with Crippen molar-refractivity contribution in [2.24, 2.45) is 0 Å². The van der Waals surface area contributed by atoms with Gasteiger partial charge >= 0.3 is 0 Å². The predicted octanol–water partition coefficient (Wildman–Crippen LogP) is 2.83. The van der Waals surface area contributed by atoms with E-state index in [2.05, 4.69) is 0 Å². The molecular formula is C18H27NO3. The summed E-state index contributed by atoms with van der Waals surface area (Å²) < 4.78 is 5.86. The van der Waals surface area contributed by atoms with E-state index in [1.165, 1.54) is 0 Å². The first-order valence-electron chi connectivity index (χ1n) is 8.09. The van der Waals surface area contributed by atoms with Crippen molar-refractivity contribution in [3.05, 3.63) is 29.3 Å². The Morgan fingerprint density at radius 1 is 1.32 bits per heavy atom. The van der Waals surface area contributed by atoms with Gasteiger partial charge in [0.1, 0.15) is 5.75 Å². The van der Waals surface area contributed by atoms with Crippen molar-refractivity contribution in [1.82, 2.24) is 4.90 Å². The van der Waals surface area contributed by atoms with Crippen molar-refractivity contribution in [3.8, 4) is 5.75 Å². The van der Waals surface area contributed by atoms with Crippen molar-refractivity contribution in [2.45, 2.75) is 64.7 Å². The third kappa shape index (κ3) is 3.80. The normalized spacial score (nSPS) is 23.0. The SMILES string of the molecule is Cc1ccc(C)c(OC(C)C(=O)N(C)C2CCCCC2O)c1. The molecule has 1 aromatic rings. The molecule has 0 heterocycles. The Labute approximate surface area is 133 Å². The molecule has 1 amide bonds. The van der Waals surface area contributed by atoms with Gasteiger partial charge in [0.2, 0.25) is 0 Å². The first-order chi connectivity index (χ1) is 10.4. The minimum absolute atomic E-state index is 0.0770. The highest BCUT2D eigenvalue weighted by Gasteiger charge is 2.32. The number of rotatable bonds is 4. The average Bonchev–Trinajstić information content (AvgIpc) is 2.50. The van der Waals surface area contributed by atoms with E-state index >= 15 is 0 Å². The summed E-state index contributed by atoms with van der Waals surface area (Å²) in [6.07, 6.45) is 2.75. The molecule has 2 rings (SSSR count). The fourth-order valence-electron chi connectivity index (χ4n) is 3.07. The van der Waals surface area contributed by atoms with E-state index in [9.17, 15) is 9.90 Å². The first-order valence-corrected chi connectivity index (χ1v) is 8.09. The van der Waals surface area contributed by atoms with Gasteiger partial charge in [-0.2, -0.15) is 0 Å². The van der Waals surface area contributed by atoms with Crippen molar-refractivity contribution in [1.29, 1.82) is 0 Å². The molecule has 4 heteroatoms. The first kappa shape index (κ1) is 16.8. The molecule has 1 saturated carbocycles. The fraction of sp³-hybridized carbons (Fsp3) is 0.611. The lowest BCUT2D eigenvalue weighted by Crippen LogP contribution is -2.50. The Bertz CT molecular complexity index is 529. The molecule has 1 aliphatic carbocycles. The molecule has 22 heavy (non-hydrogen) atoms. The van der Waals surface area contributed by atoms with Gasteiger partial charge in [0.05, 0.1) is 12.1 Å². The summed E-state index contributed by atoms with van der Waals surface area (Å²) in [5.41, 5.74) is 2.13. The molecule has 122 valence electrons. The molecule has 3 unspecified atom stereocenters. The Hall–Kier alpha value is -1.55. The molecule has 4 nitrogen and oxygen atoms in total. The second-order valence-electron chi connectivity index (χ2n) is 6.40. The molecule has 1 N–H and O–H groups in total. The molecule has 1 aliphatic rings. The predicted molar refractivity (Wildman–Crippen MR) is 87.0 cm³/mol. The second-order valence-corrected chi connectivity index (χ2v) is 6.40. The number of benzene rings is 1. The fourth-order valence-corrected chi connectivity index (χ4v) is 3.07. The summed E-state index contributed by atoms with van der Waals surface area (Å²) in [6, 6.07) is 5.88. The lowest BCUT2D eigenvalue weighted by molar-refractivity contribution is -0.142. The smallest absolute Gasteiger partial charge is 0.263 e. The van der Waals surface area contributed by atoms with Crippen LogP contribution in [0.3, 0.4) is 0 Å². The number of ether oxygens (including phenoxy) is 1. The van der Waals surface area contributed by atoms with Crippen LogP contribution >= 0.6 is 0 Å². The number of hydrogen-bond donors (Lipinski definition) is 1. The number of hydrogen-bond acceptors (Lipinski definition) is 3.